The second-order valence-electron chi connectivity index (χ2n) is 7.54. The van der Waals surface area contributed by atoms with Crippen molar-refractivity contribution in [2.75, 3.05) is 16.8 Å². The van der Waals surface area contributed by atoms with Gasteiger partial charge in [0, 0.05) is 42.4 Å². The van der Waals surface area contributed by atoms with E-state index in [0.29, 0.717) is 18.8 Å². The fraction of sp³-hybridized carbons (Fsp3) is 0.350. The quantitative estimate of drug-likeness (QED) is 0.887. The molecule has 0 aliphatic carbocycles. The summed E-state index contributed by atoms with van der Waals surface area (Å²) in [6.07, 6.45) is 2.09. The average molecular weight is 352 g/mol. The fourth-order valence-corrected chi connectivity index (χ4v) is 3.05. The van der Waals surface area contributed by atoms with Gasteiger partial charge in [-0.1, -0.05) is 30.3 Å². The standard InChI is InChI=1S/C20H24N4O2/c1-20(2,3)23-19(26)22-17-12-16(9-10-21-17)24-13-15(11-18(24)25)14-7-5-4-6-8-14/h4-10,12,15H,11,13H2,1-3H3,(H2,21,22,23,26)/t15-/m1/s1. The number of urea groups is 1. The van der Waals surface area contributed by atoms with E-state index in [1.165, 1.54) is 5.56 Å². The molecule has 3 rings (SSSR count). The molecule has 6 heteroatoms. The summed E-state index contributed by atoms with van der Waals surface area (Å²) in [6.45, 7) is 6.34. The number of hydrogen-bond acceptors (Lipinski definition) is 3. The molecule has 0 radical (unpaired) electrons. The van der Waals surface area contributed by atoms with Gasteiger partial charge < -0.3 is 10.2 Å². The molecular formula is C20H24N4O2. The van der Waals surface area contributed by atoms with Gasteiger partial charge in [-0.05, 0) is 32.4 Å². The molecule has 3 amide bonds. The van der Waals surface area contributed by atoms with Crippen molar-refractivity contribution in [2.24, 2.45) is 0 Å². The first-order valence-corrected chi connectivity index (χ1v) is 8.72. The molecule has 2 aromatic rings. The Morgan fingerprint density at radius 1 is 1.19 bits per heavy atom. The van der Waals surface area contributed by atoms with E-state index in [-0.39, 0.29) is 23.4 Å². The molecule has 1 aromatic heterocycles. The lowest BCUT2D eigenvalue weighted by molar-refractivity contribution is -0.117. The number of pyridine rings is 1. The van der Waals surface area contributed by atoms with Crippen molar-refractivity contribution in [3.05, 3.63) is 54.2 Å². The Morgan fingerprint density at radius 3 is 2.62 bits per heavy atom. The van der Waals surface area contributed by atoms with Crippen LogP contribution in [0.5, 0.6) is 0 Å². The highest BCUT2D eigenvalue weighted by Gasteiger charge is 2.31. The smallest absolute Gasteiger partial charge is 0.320 e. The lowest BCUT2D eigenvalue weighted by atomic mass is 9.99. The number of amides is 3. The van der Waals surface area contributed by atoms with E-state index in [0.717, 1.165) is 5.69 Å². The van der Waals surface area contributed by atoms with Crippen LogP contribution < -0.4 is 15.5 Å². The normalized spacial score (nSPS) is 17.3. The molecule has 1 atom stereocenters. The van der Waals surface area contributed by atoms with Gasteiger partial charge in [0.25, 0.3) is 0 Å². The first kappa shape index (κ1) is 17.9. The number of aromatic nitrogens is 1. The first-order valence-electron chi connectivity index (χ1n) is 8.72. The molecular weight excluding hydrogens is 328 g/mol. The number of hydrogen-bond donors (Lipinski definition) is 2. The molecule has 1 aliphatic rings. The zero-order valence-corrected chi connectivity index (χ0v) is 15.3. The lowest BCUT2D eigenvalue weighted by Gasteiger charge is -2.21. The minimum Gasteiger partial charge on any atom is -0.333 e. The van der Waals surface area contributed by atoms with Gasteiger partial charge in [0.2, 0.25) is 5.91 Å². The SMILES string of the molecule is CC(C)(C)NC(=O)Nc1cc(N2C[C@H](c3ccccc3)CC2=O)ccn1. The van der Waals surface area contributed by atoms with Gasteiger partial charge in [-0.3, -0.25) is 10.1 Å². The number of carbonyl (C=O) groups is 2. The summed E-state index contributed by atoms with van der Waals surface area (Å²) < 4.78 is 0. The molecule has 136 valence electrons. The average Bonchev–Trinajstić information content (AvgIpc) is 2.96. The molecule has 6 nitrogen and oxygen atoms in total. The van der Waals surface area contributed by atoms with Gasteiger partial charge in [-0.2, -0.15) is 0 Å². The van der Waals surface area contributed by atoms with Crippen LogP contribution in [0.2, 0.25) is 0 Å². The lowest BCUT2D eigenvalue weighted by Crippen LogP contribution is -2.43. The van der Waals surface area contributed by atoms with Crippen LogP contribution in [0.1, 0.15) is 38.7 Å². The highest BCUT2D eigenvalue weighted by Crippen LogP contribution is 2.32. The van der Waals surface area contributed by atoms with Crippen molar-refractivity contribution < 1.29 is 9.59 Å². The molecule has 1 aliphatic heterocycles. The van der Waals surface area contributed by atoms with Crippen molar-refractivity contribution in [1.82, 2.24) is 10.3 Å². The van der Waals surface area contributed by atoms with Gasteiger partial charge in [0.05, 0.1) is 0 Å². The minimum absolute atomic E-state index is 0.0788. The van der Waals surface area contributed by atoms with Crippen molar-refractivity contribution in [3.8, 4) is 0 Å². The van der Waals surface area contributed by atoms with Crippen molar-refractivity contribution in [3.63, 3.8) is 0 Å². The number of anilines is 2. The fourth-order valence-electron chi connectivity index (χ4n) is 3.05. The highest BCUT2D eigenvalue weighted by atomic mass is 16.2. The van der Waals surface area contributed by atoms with Crippen molar-refractivity contribution in [2.45, 2.75) is 38.6 Å². The van der Waals surface area contributed by atoms with E-state index in [1.54, 1.807) is 23.2 Å². The number of nitrogens with one attached hydrogen (secondary N) is 2. The van der Waals surface area contributed by atoms with E-state index < -0.39 is 0 Å². The van der Waals surface area contributed by atoms with Crippen LogP contribution in [0.15, 0.2) is 48.7 Å². The Morgan fingerprint density at radius 2 is 1.92 bits per heavy atom. The largest absolute Gasteiger partial charge is 0.333 e. The van der Waals surface area contributed by atoms with E-state index >= 15 is 0 Å². The maximum atomic E-state index is 12.5. The Hall–Kier alpha value is -2.89. The topological polar surface area (TPSA) is 74.3 Å². The molecule has 0 saturated carbocycles. The first-order chi connectivity index (χ1) is 12.3. The zero-order chi connectivity index (χ0) is 18.7. The van der Waals surface area contributed by atoms with Crippen LogP contribution in [0.25, 0.3) is 0 Å². The van der Waals surface area contributed by atoms with Crippen LogP contribution in [-0.4, -0.2) is 29.0 Å². The highest BCUT2D eigenvalue weighted by molar-refractivity contribution is 5.97. The Bertz CT molecular complexity index is 799. The van der Waals surface area contributed by atoms with Gasteiger partial charge in [-0.25, -0.2) is 9.78 Å². The van der Waals surface area contributed by atoms with Crippen LogP contribution in [0.4, 0.5) is 16.3 Å². The predicted octanol–water partition coefficient (Wildman–Crippen LogP) is 3.52. The molecule has 0 unspecified atom stereocenters. The second kappa shape index (κ2) is 7.15. The zero-order valence-electron chi connectivity index (χ0n) is 15.3. The minimum atomic E-state index is -0.338. The van der Waals surface area contributed by atoms with E-state index in [2.05, 4.69) is 27.8 Å². The van der Waals surface area contributed by atoms with Gasteiger partial charge in [-0.15, -0.1) is 0 Å². The van der Waals surface area contributed by atoms with Crippen LogP contribution in [0, 0.1) is 0 Å². The Labute approximate surface area is 153 Å². The molecule has 0 spiro atoms. The Kier molecular flexibility index (Phi) is 4.93. The van der Waals surface area contributed by atoms with E-state index in [1.807, 2.05) is 39.0 Å². The molecule has 1 fully saturated rings. The van der Waals surface area contributed by atoms with Gasteiger partial charge >= 0.3 is 6.03 Å². The summed E-state index contributed by atoms with van der Waals surface area (Å²) in [4.78, 5) is 30.4. The maximum absolute atomic E-state index is 12.5. The second-order valence-corrected chi connectivity index (χ2v) is 7.54. The summed E-state index contributed by atoms with van der Waals surface area (Å²) in [5.74, 6) is 0.674. The third kappa shape index (κ3) is 4.39. The van der Waals surface area contributed by atoms with Crippen LogP contribution >= 0.6 is 0 Å². The third-order valence-electron chi connectivity index (χ3n) is 4.18. The van der Waals surface area contributed by atoms with E-state index in [4.69, 9.17) is 0 Å². The number of benzene rings is 1. The Balaban J connectivity index is 1.72. The molecule has 0 bridgehead atoms. The third-order valence-corrected chi connectivity index (χ3v) is 4.18. The van der Waals surface area contributed by atoms with Crippen molar-refractivity contribution in [1.29, 1.82) is 0 Å². The van der Waals surface area contributed by atoms with E-state index in [9.17, 15) is 9.59 Å². The summed E-state index contributed by atoms with van der Waals surface area (Å²) >= 11 is 0. The number of nitrogens with zero attached hydrogens (tertiary/aromatic N) is 2. The molecule has 26 heavy (non-hydrogen) atoms. The summed E-state index contributed by atoms with van der Waals surface area (Å²) in [6, 6.07) is 13.3. The van der Waals surface area contributed by atoms with Crippen molar-refractivity contribution >= 4 is 23.4 Å². The molecule has 2 heterocycles. The molecule has 1 saturated heterocycles. The monoisotopic (exact) mass is 352 g/mol. The molecule has 1 aromatic carbocycles. The number of carbonyl (C=O) groups excluding carboxylic acids is 2. The summed E-state index contributed by atoms with van der Waals surface area (Å²) in [5, 5.41) is 5.54. The van der Waals surface area contributed by atoms with Crippen LogP contribution in [0.3, 0.4) is 0 Å². The predicted molar refractivity (Wildman–Crippen MR) is 102 cm³/mol. The number of rotatable bonds is 3. The van der Waals surface area contributed by atoms with Gasteiger partial charge in [0.1, 0.15) is 5.82 Å². The molecule has 2 N–H and O–H groups in total. The van der Waals surface area contributed by atoms with Gasteiger partial charge in [0.15, 0.2) is 0 Å². The summed E-state index contributed by atoms with van der Waals surface area (Å²) in [5.41, 5.74) is 1.57. The summed E-state index contributed by atoms with van der Waals surface area (Å²) in [7, 11) is 0. The van der Waals surface area contributed by atoms with Crippen LogP contribution in [-0.2, 0) is 4.79 Å². The maximum Gasteiger partial charge on any atom is 0.320 e.